The molecular weight excluding hydrogens is 216 g/mol. The molecule has 0 rings (SSSR count). The monoisotopic (exact) mass is 244 g/mol. The van der Waals surface area contributed by atoms with Gasteiger partial charge in [-0.15, -0.1) is 0 Å². The first-order valence-electron chi connectivity index (χ1n) is 6.59. The summed E-state index contributed by atoms with van der Waals surface area (Å²) in [6.45, 7) is 12.1. The lowest BCUT2D eigenvalue weighted by molar-refractivity contribution is -0.148. The summed E-state index contributed by atoms with van der Waals surface area (Å²) >= 11 is 0. The number of methoxy groups -OCH3 is 1. The second-order valence-electron chi connectivity index (χ2n) is 4.53. The highest BCUT2D eigenvalue weighted by Gasteiger charge is 2.33. The van der Waals surface area contributed by atoms with Crippen molar-refractivity contribution in [2.45, 2.75) is 46.1 Å². The third-order valence-electron chi connectivity index (χ3n) is 3.22. The van der Waals surface area contributed by atoms with E-state index in [0.717, 1.165) is 39.0 Å². The predicted octanol–water partition coefficient (Wildman–Crippen LogP) is 1.65. The van der Waals surface area contributed by atoms with Crippen LogP contribution in [0.15, 0.2) is 0 Å². The molecule has 0 saturated heterocycles. The molecule has 0 amide bonds. The van der Waals surface area contributed by atoms with Crippen LogP contribution in [0.3, 0.4) is 0 Å². The number of nitrogens with one attached hydrogen (secondary N) is 1. The standard InChI is InChI=1S/C13H28N2O2/c1-6-10-14-13(4,12(16)17-5)9-11-15(7-2)8-3/h14H,6-11H2,1-5H3. The van der Waals surface area contributed by atoms with Crippen LogP contribution in [0.1, 0.15) is 40.5 Å². The Morgan fingerprint density at radius 2 is 1.88 bits per heavy atom. The van der Waals surface area contributed by atoms with Crippen LogP contribution in [0, 0.1) is 0 Å². The lowest BCUT2D eigenvalue weighted by Gasteiger charge is -2.30. The van der Waals surface area contributed by atoms with Crippen LogP contribution in [0.25, 0.3) is 0 Å². The lowest BCUT2D eigenvalue weighted by atomic mass is 9.97. The van der Waals surface area contributed by atoms with Crippen molar-refractivity contribution in [3.63, 3.8) is 0 Å². The van der Waals surface area contributed by atoms with Crippen molar-refractivity contribution < 1.29 is 9.53 Å². The van der Waals surface area contributed by atoms with Crippen molar-refractivity contribution >= 4 is 5.97 Å². The number of carbonyl (C=O) groups excluding carboxylic acids is 1. The molecule has 0 radical (unpaired) electrons. The molecule has 1 unspecified atom stereocenters. The minimum absolute atomic E-state index is 0.168. The molecule has 17 heavy (non-hydrogen) atoms. The fraction of sp³-hybridized carbons (Fsp3) is 0.923. The Hall–Kier alpha value is -0.610. The van der Waals surface area contributed by atoms with Crippen LogP contribution < -0.4 is 5.32 Å². The highest BCUT2D eigenvalue weighted by Crippen LogP contribution is 2.13. The van der Waals surface area contributed by atoms with E-state index in [9.17, 15) is 4.79 Å². The van der Waals surface area contributed by atoms with Crippen LogP contribution in [-0.4, -0.2) is 49.7 Å². The average Bonchev–Trinajstić information content (AvgIpc) is 2.36. The van der Waals surface area contributed by atoms with E-state index in [1.165, 1.54) is 7.11 Å². The quantitative estimate of drug-likeness (QED) is 0.626. The molecule has 0 aliphatic carbocycles. The number of nitrogens with zero attached hydrogens (tertiary/aromatic N) is 1. The predicted molar refractivity (Wildman–Crippen MR) is 71.1 cm³/mol. The van der Waals surface area contributed by atoms with Gasteiger partial charge in [0.1, 0.15) is 5.54 Å². The van der Waals surface area contributed by atoms with Crippen LogP contribution in [0.4, 0.5) is 0 Å². The molecule has 0 spiro atoms. The van der Waals surface area contributed by atoms with E-state index in [1.54, 1.807) is 0 Å². The smallest absolute Gasteiger partial charge is 0.325 e. The van der Waals surface area contributed by atoms with E-state index in [4.69, 9.17) is 4.74 Å². The van der Waals surface area contributed by atoms with E-state index in [2.05, 4.69) is 31.0 Å². The fourth-order valence-electron chi connectivity index (χ4n) is 1.81. The van der Waals surface area contributed by atoms with Crippen LogP contribution in [0.2, 0.25) is 0 Å². The van der Waals surface area contributed by atoms with Gasteiger partial charge in [-0.1, -0.05) is 20.8 Å². The van der Waals surface area contributed by atoms with Crippen LogP contribution >= 0.6 is 0 Å². The molecule has 0 aromatic rings. The molecule has 0 aliphatic rings. The van der Waals surface area contributed by atoms with Crippen molar-refractivity contribution in [2.75, 3.05) is 33.3 Å². The van der Waals surface area contributed by atoms with Gasteiger partial charge < -0.3 is 15.0 Å². The van der Waals surface area contributed by atoms with Gasteiger partial charge >= 0.3 is 5.97 Å². The average molecular weight is 244 g/mol. The Kier molecular flexibility index (Phi) is 8.17. The second-order valence-corrected chi connectivity index (χ2v) is 4.53. The van der Waals surface area contributed by atoms with Crippen LogP contribution in [0.5, 0.6) is 0 Å². The summed E-state index contributed by atoms with van der Waals surface area (Å²) in [6, 6.07) is 0. The van der Waals surface area contributed by atoms with E-state index in [0.29, 0.717) is 0 Å². The maximum Gasteiger partial charge on any atom is 0.325 e. The molecule has 1 atom stereocenters. The Morgan fingerprint density at radius 1 is 1.29 bits per heavy atom. The van der Waals surface area contributed by atoms with Crippen molar-refractivity contribution in [2.24, 2.45) is 0 Å². The fourth-order valence-corrected chi connectivity index (χ4v) is 1.81. The second kappa shape index (κ2) is 8.48. The number of hydrogen-bond acceptors (Lipinski definition) is 4. The lowest BCUT2D eigenvalue weighted by Crippen LogP contribution is -2.52. The van der Waals surface area contributed by atoms with Gasteiger partial charge in [0.05, 0.1) is 7.11 Å². The largest absolute Gasteiger partial charge is 0.468 e. The number of esters is 1. The van der Waals surface area contributed by atoms with Crippen LogP contribution in [-0.2, 0) is 9.53 Å². The normalized spacial score (nSPS) is 14.7. The Morgan fingerprint density at radius 3 is 2.29 bits per heavy atom. The van der Waals surface area contributed by atoms with Crippen molar-refractivity contribution in [3.8, 4) is 0 Å². The molecule has 0 heterocycles. The van der Waals surface area contributed by atoms with Gasteiger partial charge in [-0.3, -0.25) is 4.79 Å². The molecule has 4 heteroatoms. The summed E-state index contributed by atoms with van der Waals surface area (Å²) in [7, 11) is 1.45. The number of ether oxygens (including phenoxy) is 1. The molecule has 1 N–H and O–H groups in total. The minimum atomic E-state index is -0.562. The Labute approximate surface area is 106 Å². The van der Waals surface area contributed by atoms with E-state index in [1.807, 2.05) is 6.92 Å². The molecule has 102 valence electrons. The van der Waals surface area contributed by atoms with Gasteiger partial charge in [-0.2, -0.15) is 0 Å². The summed E-state index contributed by atoms with van der Waals surface area (Å²) in [5, 5.41) is 3.30. The number of rotatable bonds is 9. The molecule has 0 aliphatic heterocycles. The third-order valence-corrected chi connectivity index (χ3v) is 3.22. The van der Waals surface area contributed by atoms with Gasteiger partial charge in [0.25, 0.3) is 0 Å². The molecule has 0 aromatic carbocycles. The van der Waals surface area contributed by atoms with Crippen molar-refractivity contribution in [3.05, 3.63) is 0 Å². The zero-order chi connectivity index (χ0) is 13.3. The summed E-state index contributed by atoms with van der Waals surface area (Å²) in [6.07, 6.45) is 1.79. The molecule has 0 saturated carbocycles. The first kappa shape index (κ1) is 16.4. The summed E-state index contributed by atoms with van der Waals surface area (Å²) in [5.74, 6) is -0.168. The maximum atomic E-state index is 11.8. The Balaban J connectivity index is 4.42. The third kappa shape index (κ3) is 5.50. The highest BCUT2D eigenvalue weighted by molar-refractivity contribution is 5.80. The first-order valence-corrected chi connectivity index (χ1v) is 6.59. The highest BCUT2D eigenvalue weighted by atomic mass is 16.5. The Bertz CT molecular complexity index is 217. The first-order chi connectivity index (χ1) is 8.03. The summed E-state index contributed by atoms with van der Waals surface area (Å²) in [4.78, 5) is 14.1. The minimum Gasteiger partial charge on any atom is -0.468 e. The van der Waals surface area contributed by atoms with Crippen molar-refractivity contribution in [1.29, 1.82) is 0 Å². The topological polar surface area (TPSA) is 41.6 Å². The van der Waals surface area contributed by atoms with E-state index in [-0.39, 0.29) is 5.97 Å². The van der Waals surface area contributed by atoms with Crippen molar-refractivity contribution in [1.82, 2.24) is 10.2 Å². The molecule has 0 fully saturated rings. The summed E-state index contributed by atoms with van der Waals surface area (Å²) < 4.78 is 4.89. The van der Waals surface area contributed by atoms with E-state index >= 15 is 0 Å². The van der Waals surface area contributed by atoms with Gasteiger partial charge in [0, 0.05) is 6.54 Å². The molecule has 0 aromatic heterocycles. The zero-order valence-corrected chi connectivity index (χ0v) is 12.0. The van der Waals surface area contributed by atoms with Gasteiger partial charge in [0.2, 0.25) is 0 Å². The molecule has 4 nitrogen and oxygen atoms in total. The number of hydrogen-bond donors (Lipinski definition) is 1. The van der Waals surface area contributed by atoms with E-state index < -0.39 is 5.54 Å². The summed E-state index contributed by atoms with van der Waals surface area (Å²) in [5.41, 5.74) is -0.562. The van der Waals surface area contributed by atoms with Gasteiger partial charge in [-0.05, 0) is 39.4 Å². The zero-order valence-electron chi connectivity index (χ0n) is 12.0. The molecular formula is C13H28N2O2. The molecule has 0 bridgehead atoms. The maximum absolute atomic E-state index is 11.8. The van der Waals surface area contributed by atoms with Gasteiger partial charge in [-0.25, -0.2) is 0 Å². The SMILES string of the molecule is CCCNC(C)(CCN(CC)CC)C(=O)OC. The van der Waals surface area contributed by atoms with Gasteiger partial charge in [0.15, 0.2) is 0 Å². The number of carbonyl (C=O) groups is 1.